The number of nitrogens with zero attached hydrogens (tertiary/aromatic N) is 1. The predicted molar refractivity (Wildman–Crippen MR) is 59.3 cm³/mol. The molecule has 0 amide bonds. The lowest BCUT2D eigenvalue weighted by Crippen LogP contribution is -2.38. The van der Waals surface area contributed by atoms with Crippen molar-refractivity contribution in [2.75, 3.05) is 10.6 Å². The van der Waals surface area contributed by atoms with Crippen LogP contribution in [0.3, 0.4) is 0 Å². The zero-order valence-corrected chi connectivity index (χ0v) is 8.65. The maximum Gasteiger partial charge on any atom is 0.271 e. The number of hydrogen-bond acceptors (Lipinski definition) is 4. The molecule has 1 aromatic rings. The van der Waals surface area contributed by atoms with Crippen molar-refractivity contribution in [1.29, 1.82) is 0 Å². The zero-order chi connectivity index (χ0) is 11.0. The van der Waals surface area contributed by atoms with Crippen molar-refractivity contribution in [2.45, 2.75) is 25.9 Å². The van der Waals surface area contributed by atoms with Crippen molar-refractivity contribution in [3.8, 4) is 0 Å². The third-order valence-corrected chi connectivity index (χ3v) is 2.73. The van der Waals surface area contributed by atoms with Crippen molar-refractivity contribution in [2.24, 2.45) is 0 Å². The second-order valence-electron chi connectivity index (χ2n) is 3.85. The Bertz CT molecular complexity index is 406. The first-order chi connectivity index (χ1) is 7.08. The number of nitro benzene ring substituents is 1. The molecular weight excluding hydrogens is 194 g/mol. The highest BCUT2D eigenvalue weighted by Gasteiger charge is 2.21. The molecule has 0 bridgehead atoms. The van der Waals surface area contributed by atoms with E-state index in [1.807, 2.05) is 6.92 Å². The number of anilines is 2. The summed E-state index contributed by atoms with van der Waals surface area (Å²) in [5.74, 6) is 0. The van der Waals surface area contributed by atoms with E-state index >= 15 is 0 Å². The summed E-state index contributed by atoms with van der Waals surface area (Å²) in [5.41, 5.74) is 1.84. The molecule has 1 heterocycles. The predicted octanol–water partition coefficient (Wildman–Crippen LogP) is 2.21. The van der Waals surface area contributed by atoms with Crippen LogP contribution in [-0.2, 0) is 0 Å². The quantitative estimate of drug-likeness (QED) is 0.547. The number of benzene rings is 1. The normalized spacial score (nSPS) is 23.6. The first-order valence-corrected chi connectivity index (χ1v) is 4.89. The summed E-state index contributed by atoms with van der Waals surface area (Å²) < 4.78 is 0. The Kier molecular flexibility index (Phi) is 2.22. The van der Waals surface area contributed by atoms with Gasteiger partial charge in [0, 0.05) is 24.2 Å². The second-order valence-corrected chi connectivity index (χ2v) is 3.85. The molecule has 0 saturated carbocycles. The minimum atomic E-state index is -0.384. The van der Waals surface area contributed by atoms with Crippen LogP contribution in [0.5, 0.6) is 0 Å². The van der Waals surface area contributed by atoms with E-state index in [9.17, 15) is 10.1 Å². The van der Waals surface area contributed by atoms with Crippen LogP contribution in [0.25, 0.3) is 0 Å². The van der Waals surface area contributed by atoms with Gasteiger partial charge in [0.1, 0.15) is 0 Å². The SMILES string of the molecule is CC1Nc2ccc([N+](=O)[O-])cc2NC1C. The monoisotopic (exact) mass is 207 g/mol. The third-order valence-electron chi connectivity index (χ3n) is 2.73. The largest absolute Gasteiger partial charge is 0.379 e. The topological polar surface area (TPSA) is 67.2 Å². The molecule has 2 rings (SSSR count). The van der Waals surface area contributed by atoms with Crippen LogP contribution in [0.2, 0.25) is 0 Å². The Morgan fingerprint density at radius 2 is 1.80 bits per heavy atom. The van der Waals surface area contributed by atoms with Crippen LogP contribution in [-0.4, -0.2) is 17.0 Å². The summed E-state index contributed by atoms with van der Waals surface area (Å²) >= 11 is 0. The van der Waals surface area contributed by atoms with Crippen LogP contribution < -0.4 is 10.6 Å². The molecule has 80 valence electrons. The number of nitro groups is 1. The fraction of sp³-hybridized carbons (Fsp3) is 0.400. The van der Waals surface area contributed by atoms with E-state index < -0.39 is 0 Å². The van der Waals surface area contributed by atoms with E-state index in [2.05, 4.69) is 17.6 Å². The van der Waals surface area contributed by atoms with Gasteiger partial charge < -0.3 is 10.6 Å². The molecule has 0 saturated heterocycles. The van der Waals surface area contributed by atoms with Gasteiger partial charge >= 0.3 is 0 Å². The Morgan fingerprint density at radius 1 is 1.20 bits per heavy atom. The third kappa shape index (κ3) is 1.72. The summed E-state index contributed by atoms with van der Waals surface area (Å²) in [6.07, 6.45) is 0. The van der Waals surface area contributed by atoms with Crippen LogP contribution in [0, 0.1) is 10.1 Å². The Labute approximate surface area is 87.6 Å². The Morgan fingerprint density at radius 3 is 2.40 bits per heavy atom. The maximum atomic E-state index is 10.6. The molecule has 5 heteroatoms. The lowest BCUT2D eigenvalue weighted by atomic mass is 10.1. The zero-order valence-electron chi connectivity index (χ0n) is 8.65. The van der Waals surface area contributed by atoms with Crippen LogP contribution in [0.4, 0.5) is 17.1 Å². The molecule has 15 heavy (non-hydrogen) atoms. The average molecular weight is 207 g/mol. The van der Waals surface area contributed by atoms with Crippen molar-refractivity contribution in [3.05, 3.63) is 28.3 Å². The minimum absolute atomic E-state index is 0.116. The smallest absolute Gasteiger partial charge is 0.271 e. The molecule has 2 N–H and O–H groups in total. The molecule has 0 fully saturated rings. The van der Waals surface area contributed by atoms with Gasteiger partial charge in [-0.15, -0.1) is 0 Å². The van der Waals surface area contributed by atoms with Gasteiger partial charge in [0.25, 0.3) is 5.69 Å². The molecule has 0 aromatic heterocycles. The summed E-state index contributed by atoms with van der Waals surface area (Å²) in [4.78, 5) is 10.2. The van der Waals surface area contributed by atoms with Crippen molar-refractivity contribution in [1.82, 2.24) is 0 Å². The summed E-state index contributed by atoms with van der Waals surface area (Å²) in [6.45, 7) is 4.11. The van der Waals surface area contributed by atoms with Crippen LogP contribution in [0.15, 0.2) is 18.2 Å². The number of hydrogen-bond donors (Lipinski definition) is 2. The summed E-state index contributed by atoms with van der Waals surface area (Å²) in [6, 6.07) is 5.39. The van der Waals surface area contributed by atoms with Crippen LogP contribution in [0.1, 0.15) is 13.8 Å². The molecule has 0 aliphatic carbocycles. The van der Waals surface area contributed by atoms with Crippen molar-refractivity contribution >= 4 is 17.1 Å². The van der Waals surface area contributed by atoms with E-state index in [0.29, 0.717) is 6.04 Å². The molecule has 2 atom stereocenters. The molecule has 2 unspecified atom stereocenters. The first-order valence-electron chi connectivity index (χ1n) is 4.89. The van der Waals surface area contributed by atoms with Gasteiger partial charge in [-0.2, -0.15) is 0 Å². The molecule has 0 radical (unpaired) electrons. The van der Waals surface area contributed by atoms with Gasteiger partial charge in [-0.05, 0) is 19.9 Å². The molecular formula is C10H13N3O2. The van der Waals surface area contributed by atoms with Gasteiger partial charge in [-0.3, -0.25) is 10.1 Å². The number of nitrogens with one attached hydrogen (secondary N) is 2. The molecule has 1 aliphatic heterocycles. The summed E-state index contributed by atoms with van der Waals surface area (Å²) in [7, 11) is 0. The van der Waals surface area contributed by atoms with E-state index in [1.165, 1.54) is 6.07 Å². The highest BCUT2D eigenvalue weighted by molar-refractivity contribution is 5.74. The fourth-order valence-corrected chi connectivity index (χ4v) is 1.63. The van der Waals surface area contributed by atoms with E-state index in [4.69, 9.17) is 0 Å². The molecule has 1 aromatic carbocycles. The van der Waals surface area contributed by atoms with Crippen LogP contribution >= 0.6 is 0 Å². The Balaban J connectivity index is 2.37. The standard InChI is InChI=1S/C10H13N3O2/c1-6-7(2)12-10-5-8(13(14)15)3-4-9(10)11-6/h3-7,11-12H,1-2H3. The Hall–Kier alpha value is -1.78. The second kappa shape index (κ2) is 3.42. The minimum Gasteiger partial charge on any atom is -0.379 e. The van der Waals surface area contributed by atoms with E-state index in [0.717, 1.165) is 11.4 Å². The highest BCUT2D eigenvalue weighted by atomic mass is 16.6. The fourth-order valence-electron chi connectivity index (χ4n) is 1.63. The van der Waals surface area contributed by atoms with Gasteiger partial charge in [0.05, 0.1) is 16.3 Å². The first kappa shape index (κ1) is 9.76. The van der Waals surface area contributed by atoms with E-state index in [1.54, 1.807) is 12.1 Å². The van der Waals surface area contributed by atoms with Gasteiger partial charge in [-0.1, -0.05) is 0 Å². The average Bonchev–Trinajstić information content (AvgIpc) is 2.19. The van der Waals surface area contributed by atoms with Gasteiger partial charge in [-0.25, -0.2) is 0 Å². The number of fused-ring (bicyclic) bond motifs is 1. The summed E-state index contributed by atoms with van der Waals surface area (Å²) in [5, 5.41) is 17.1. The van der Waals surface area contributed by atoms with Crippen molar-refractivity contribution in [3.63, 3.8) is 0 Å². The highest BCUT2D eigenvalue weighted by Crippen LogP contribution is 2.31. The van der Waals surface area contributed by atoms with Gasteiger partial charge in [0.15, 0.2) is 0 Å². The lowest BCUT2D eigenvalue weighted by molar-refractivity contribution is -0.384. The number of non-ortho nitro benzene ring substituents is 1. The van der Waals surface area contributed by atoms with Gasteiger partial charge in [0.2, 0.25) is 0 Å². The molecule has 1 aliphatic rings. The number of rotatable bonds is 1. The van der Waals surface area contributed by atoms with E-state index in [-0.39, 0.29) is 16.7 Å². The lowest BCUT2D eigenvalue weighted by Gasteiger charge is -2.31. The molecule has 0 spiro atoms. The van der Waals surface area contributed by atoms with Crippen molar-refractivity contribution < 1.29 is 4.92 Å². The maximum absolute atomic E-state index is 10.6. The molecule has 5 nitrogen and oxygen atoms in total.